The topological polar surface area (TPSA) is 20.2 Å². The molecule has 0 saturated heterocycles. The molecule has 2 aliphatic rings. The van der Waals surface area contributed by atoms with E-state index in [1.54, 1.807) is 0 Å². The Morgan fingerprint density at radius 3 is 1.95 bits per heavy atom. The summed E-state index contributed by atoms with van der Waals surface area (Å²) in [7, 11) is 0. The van der Waals surface area contributed by atoms with Gasteiger partial charge in [-0.1, -0.05) is 62.4 Å². The van der Waals surface area contributed by atoms with Crippen molar-refractivity contribution in [2.75, 3.05) is 0 Å². The largest absolute Gasteiger partial charge is 0.384 e. The fourth-order valence-electron chi connectivity index (χ4n) is 4.09. The van der Waals surface area contributed by atoms with Gasteiger partial charge in [0, 0.05) is 5.41 Å². The van der Waals surface area contributed by atoms with Crippen molar-refractivity contribution in [3.8, 4) is 11.1 Å². The van der Waals surface area contributed by atoms with Gasteiger partial charge in [0.25, 0.3) is 0 Å². The molecule has 0 bridgehead atoms. The standard InChI is InChI=1S/C19H20O/c1-18(2)16-9-5-3-7-14(16)15-8-4-6-10-17(15)19(18,20)13-11-12-13/h3-10,13,20H,11-12H2,1-2H3. The molecular formula is C19H20O. The van der Waals surface area contributed by atoms with E-state index < -0.39 is 5.60 Å². The van der Waals surface area contributed by atoms with Crippen LogP contribution in [0.4, 0.5) is 0 Å². The Bertz CT molecular complexity index is 682. The van der Waals surface area contributed by atoms with E-state index in [-0.39, 0.29) is 5.41 Å². The summed E-state index contributed by atoms with van der Waals surface area (Å²) in [5.41, 5.74) is 3.88. The van der Waals surface area contributed by atoms with Crippen LogP contribution in [0.15, 0.2) is 48.5 Å². The maximum absolute atomic E-state index is 11.6. The van der Waals surface area contributed by atoms with Crippen molar-refractivity contribution < 1.29 is 5.11 Å². The van der Waals surface area contributed by atoms with E-state index in [1.807, 2.05) is 0 Å². The maximum Gasteiger partial charge on any atom is 0.102 e. The number of hydrogen-bond acceptors (Lipinski definition) is 1. The predicted octanol–water partition coefficient (Wildman–Crippen LogP) is 4.24. The lowest BCUT2D eigenvalue weighted by molar-refractivity contribution is -0.0544. The van der Waals surface area contributed by atoms with Crippen LogP contribution in [0.25, 0.3) is 11.1 Å². The SMILES string of the molecule is CC1(C)c2ccccc2-c2ccccc2C1(O)C1CC1. The lowest BCUT2D eigenvalue weighted by Crippen LogP contribution is -2.49. The Morgan fingerprint density at radius 1 is 0.850 bits per heavy atom. The second-order valence-electron chi connectivity index (χ2n) is 6.76. The summed E-state index contributed by atoms with van der Waals surface area (Å²) >= 11 is 0. The molecule has 20 heavy (non-hydrogen) atoms. The van der Waals surface area contributed by atoms with Crippen molar-refractivity contribution >= 4 is 0 Å². The highest BCUT2D eigenvalue weighted by atomic mass is 16.3. The van der Waals surface area contributed by atoms with Crippen LogP contribution >= 0.6 is 0 Å². The van der Waals surface area contributed by atoms with Gasteiger partial charge in [0.05, 0.1) is 0 Å². The molecule has 1 saturated carbocycles. The summed E-state index contributed by atoms with van der Waals surface area (Å²) < 4.78 is 0. The molecule has 2 aromatic rings. The average molecular weight is 264 g/mol. The molecule has 2 aliphatic carbocycles. The van der Waals surface area contributed by atoms with Gasteiger partial charge < -0.3 is 5.11 Å². The van der Waals surface area contributed by atoms with E-state index in [0.717, 1.165) is 18.4 Å². The average Bonchev–Trinajstić information content (AvgIpc) is 3.30. The third-order valence-electron chi connectivity index (χ3n) is 5.35. The van der Waals surface area contributed by atoms with Crippen molar-refractivity contribution in [3.05, 3.63) is 59.7 Å². The first-order valence-electron chi connectivity index (χ1n) is 7.48. The molecule has 1 nitrogen and oxygen atoms in total. The second-order valence-corrected chi connectivity index (χ2v) is 6.76. The van der Waals surface area contributed by atoms with Crippen LogP contribution in [-0.4, -0.2) is 5.11 Å². The van der Waals surface area contributed by atoms with Gasteiger partial charge in [0.15, 0.2) is 0 Å². The predicted molar refractivity (Wildman–Crippen MR) is 81.5 cm³/mol. The number of rotatable bonds is 1. The fourth-order valence-corrected chi connectivity index (χ4v) is 4.09. The summed E-state index contributed by atoms with van der Waals surface area (Å²) in [5, 5.41) is 11.6. The Morgan fingerprint density at radius 2 is 1.35 bits per heavy atom. The molecular weight excluding hydrogens is 244 g/mol. The van der Waals surface area contributed by atoms with Gasteiger partial charge >= 0.3 is 0 Å². The first kappa shape index (κ1) is 12.2. The van der Waals surface area contributed by atoms with E-state index in [2.05, 4.69) is 62.4 Å². The van der Waals surface area contributed by atoms with Crippen molar-refractivity contribution in [2.24, 2.45) is 5.92 Å². The van der Waals surface area contributed by atoms with E-state index in [9.17, 15) is 5.11 Å². The van der Waals surface area contributed by atoms with Gasteiger partial charge in [-0.2, -0.15) is 0 Å². The molecule has 1 N–H and O–H groups in total. The normalized spacial score (nSPS) is 26.8. The number of aliphatic hydroxyl groups is 1. The zero-order valence-corrected chi connectivity index (χ0v) is 12.1. The molecule has 1 unspecified atom stereocenters. The molecule has 102 valence electrons. The van der Waals surface area contributed by atoms with Gasteiger partial charge in [-0.3, -0.25) is 0 Å². The summed E-state index contributed by atoms with van der Waals surface area (Å²) in [6.45, 7) is 4.39. The van der Waals surface area contributed by atoms with Crippen LogP contribution in [0.2, 0.25) is 0 Å². The zero-order chi connectivity index (χ0) is 14.0. The summed E-state index contributed by atoms with van der Waals surface area (Å²) in [6.07, 6.45) is 2.27. The Kier molecular flexibility index (Phi) is 2.27. The fraction of sp³-hybridized carbons (Fsp3) is 0.368. The molecule has 0 aliphatic heterocycles. The van der Waals surface area contributed by atoms with E-state index in [1.165, 1.54) is 16.7 Å². The minimum atomic E-state index is -0.738. The lowest BCUT2D eigenvalue weighted by Gasteiger charge is -2.49. The molecule has 1 fully saturated rings. The van der Waals surface area contributed by atoms with Crippen LogP contribution in [-0.2, 0) is 11.0 Å². The quantitative estimate of drug-likeness (QED) is 0.816. The van der Waals surface area contributed by atoms with Crippen LogP contribution in [0.3, 0.4) is 0 Å². The summed E-state index contributed by atoms with van der Waals surface area (Å²) in [6, 6.07) is 16.9. The van der Waals surface area contributed by atoms with Crippen molar-refractivity contribution in [2.45, 2.75) is 37.7 Å². The molecule has 0 heterocycles. The highest BCUT2D eigenvalue weighted by molar-refractivity contribution is 5.77. The smallest absolute Gasteiger partial charge is 0.102 e. The molecule has 0 radical (unpaired) electrons. The molecule has 2 aromatic carbocycles. The second kappa shape index (κ2) is 3.73. The molecule has 1 heteroatoms. The third-order valence-corrected chi connectivity index (χ3v) is 5.35. The number of benzene rings is 2. The van der Waals surface area contributed by atoms with Gasteiger partial charge in [-0.25, -0.2) is 0 Å². The summed E-state index contributed by atoms with van der Waals surface area (Å²) in [4.78, 5) is 0. The van der Waals surface area contributed by atoms with Crippen LogP contribution in [0.5, 0.6) is 0 Å². The van der Waals surface area contributed by atoms with E-state index >= 15 is 0 Å². The van der Waals surface area contributed by atoms with Gasteiger partial charge in [0.1, 0.15) is 5.60 Å². The van der Waals surface area contributed by atoms with Crippen LogP contribution < -0.4 is 0 Å². The number of hydrogen-bond donors (Lipinski definition) is 1. The van der Waals surface area contributed by atoms with Gasteiger partial charge in [0.2, 0.25) is 0 Å². The van der Waals surface area contributed by atoms with Crippen LogP contribution in [0, 0.1) is 5.92 Å². The van der Waals surface area contributed by atoms with Crippen LogP contribution in [0.1, 0.15) is 37.8 Å². The van der Waals surface area contributed by atoms with Gasteiger partial charge in [-0.15, -0.1) is 0 Å². The molecule has 0 amide bonds. The maximum atomic E-state index is 11.6. The lowest BCUT2D eigenvalue weighted by atomic mass is 9.58. The van der Waals surface area contributed by atoms with Crippen molar-refractivity contribution in [1.29, 1.82) is 0 Å². The van der Waals surface area contributed by atoms with E-state index in [0.29, 0.717) is 5.92 Å². The first-order chi connectivity index (χ1) is 9.57. The van der Waals surface area contributed by atoms with Gasteiger partial charge in [-0.05, 0) is 41.0 Å². The molecule has 0 spiro atoms. The highest BCUT2D eigenvalue weighted by Crippen LogP contribution is 2.61. The Hall–Kier alpha value is -1.60. The molecule has 0 aromatic heterocycles. The first-order valence-corrected chi connectivity index (χ1v) is 7.48. The monoisotopic (exact) mass is 264 g/mol. The molecule has 4 rings (SSSR count). The van der Waals surface area contributed by atoms with Crippen molar-refractivity contribution in [3.63, 3.8) is 0 Å². The van der Waals surface area contributed by atoms with Crippen molar-refractivity contribution in [1.82, 2.24) is 0 Å². The minimum absolute atomic E-state index is 0.251. The Labute approximate surface area is 120 Å². The summed E-state index contributed by atoms with van der Waals surface area (Å²) in [5.74, 6) is 0.395. The highest BCUT2D eigenvalue weighted by Gasteiger charge is 2.58. The zero-order valence-electron chi connectivity index (χ0n) is 12.1. The Balaban J connectivity index is 2.10. The minimum Gasteiger partial charge on any atom is -0.384 e. The third kappa shape index (κ3) is 1.31. The molecule has 1 atom stereocenters. The number of fused-ring (bicyclic) bond motifs is 3. The van der Waals surface area contributed by atoms with E-state index in [4.69, 9.17) is 0 Å².